The van der Waals surface area contributed by atoms with Crippen molar-refractivity contribution in [2.45, 2.75) is 85.2 Å². The van der Waals surface area contributed by atoms with Gasteiger partial charge in [0.05, 0.1) is 5.69 Å². The summed E-state index contributed by atoms with van der Waals surface area (Å²) in [5, 5.41) is 4.58. The topological polar surface area (TPSA) is 43.8 Å². The molecule has 0 spiro atoms. The first kappa shape index (κ1) is 16.2. The molecular formula is C16H31N3. The van der Waals surface area contributed by atoms with Crippen molar-refractivity contribution in [3.05, 3.63) is 17.0 Å². The Morgan fingerprint density at radius 1 is 0.947 bits per heavy atom. The molecule has 0 aliphatic carbocycles. The van der Waals surface area contributed by atoms with E-state index in [-0.39, 0.29) is 0 Å². The van der Waals surface area contributed by atoms with Gasteiger partial charge in [0.2, 0.25) is 0 Å². The smallest absolute Gasteiger partial charge is 0.0641 e. The van der Waals surface area contributed by atoms with Crippen molar-refractivity contribution in [1.82, 2.24) is 9.78 Å². The number of rotatable bonds is 10. The summed E-state index contributed by atoms with van der Waals surface area (Å²) < 4.78 is 2.13. The van der Waals surface area contributed by atoms with Gasteiger partial charge in [-0.3, -0.25) is 4.68 Å². The zero-order valence-corrected chi connectivity index (χ0v) is 13.0. The van der Waals surface area contributed by atoms with E-state index in [0.717, 1.165) is 12.2 Å². The molecule has 3 nitrogen and oxygen atoms in total. The second-order valence-corrected chi connectivity index (χ2v) is 5.55. The lowest BCUT2D eigenvalue weighted by atomic mass is 10.1. The second kappa shape index (κ2) is 9.13. The van der Waals surface area contributed by atoms with Crippen LogP contribution < -0.4 is 5.73 Å². The van der Waals surface area contributed by atoms with Gasteiger partial charge in [-0.25, -0.2) is 0 Å². The monoisotopic (exact) mass is 265 g/mol. The molecule has 1 rings (SSSR count). The zero-order chi connectivity index (χ0) is 14.1. The molecule has 2 N–H and O–H groups in total. The summed E-state index contributed by atoms with van der Waals surface area (Å²) in [6.07, 6.45) is 10.9. The minimum absolute atomic E-state index is 0.606. The fourth-order valence-electron chi connectivity index (χ4n) is 2.64. The quantitative estimate of drug-likeness (QED) is 0.647. The summed E-state index contributed by atoms with van der Waals surface area (Å²) in [4.78, 5) is 0. The van der Waals surface area contributed by atoms with Gasteiger partial charge in [-0.1, -0.05) is 51.9 Å². The van der Waals surface area contributed by atoms with Gasteiger partial charge in [0.15, 0.2) is 0 Å². The number of hydrogen-bond donors (Lipinski definition) is 1. The van der Waals surface area contributed by atoms with E-state index in [1.807, 2.05) is 0 Å². The van der Waals surface area contributed by atoms with Crippen LogP contribution in [0.5, 0.6) is 0 Å². The molecule has 1 heterocycles. The van der Waals surface area contributed by atoms with Crippen LogP contribution in [-0.2, 0) is 13.1 Å². The van der Waals surface area contributed by atoms with Crippen LogP contribution in [0, 0.1) is 13.8 Å². The molecule has 0 saturated carbocycles. The van der Waals surface area contributed by atoms with E-state index in [0.29, 0.717) is 6.54 Å². The van der Waals surface area contributed by atoms with Gasteiger partial charge in [0.1, 0.15) is 0 Å². The number of aromatic nitrogens is 2. The fourth-order valence-corrected chi connectivity index (χ4v) is 2.64. The highest BCUT2D eigenvalue weighted by molar-refractivity contribution is 5.23. The molecular weight excluding hydrogens is 234 g/mol. The van der Waals surface area contributed by atoms with E-state index in [4.69, 9.17) is 5.73 Å². The third kappa shape index (κ3) is 5.35. The second-order valence-electron chi connectivity index (χ2n) is 5.55. The number of unbranched alkanes of at least 4 members (excludes halogenated alkanes) is 7. The van der Waals surface area contributed by atoms with Crippen molar-refractivity contribution < 1.29 is 0 Å². The Morgan fingerprint density at radius 3 is 2.05 bits per heavy atom. The van der Waals surface area contributed by atoms with E-state index in [1.165, 1.54) is 62.6 Å². The predicted octanol–water partition coefficient (Wildman–Crippen LogP) is 4.10. The minimum atomic E-state index is 0.606. The van der Waals surface area contributed by atoms with Crippen molar-refractivity contribution in [2.24, 2.45) is 5.73 Å². The molecule has 0 aliphatic heterocycles. The van der Waals surface area contributed by atoms with E-state index in [1.54, 1.807) is 0 Å². The lowest BCUT2D eigenvalue weighted by Crippen LogP contribution is -2.04. The normalized spacial score (nSPS) is 11.2. The third-order valence-corrected chi connectivity index (χ3v) is 3.96. The Hall–Kier alpha value is -0.830. The van der Waals surface area contributed by atoms with Gasteiger partial charge in [0.25, 0.3) is 0 Å². The summed E-state index contributed by atoms with van der Waals surface area (Å²) in [6.45, 7) is 8.10. The molecule has 19 heavy (non-hydrogen) atoms. The SMILES string of the molecule is CCCCCCCCCCn1nc(C)c(CN)c1C. The van der Waals surface area contributed by atoms with Crippen molar-refractivity contribution in [2.75, 3.05) is 0 Å². The number of nitrogens with zero attached hydrogens (tertiary/aromatic N) is 2. The van der Waals surface area contributed by atoms with Gasteiger partial charge in [0, 0.05) is 24.3 Å². The molecule has 0 amide bonds. The maximum atomic E-state index is 5.75. The van der Waals surface area contributed by atoms with Gasteiger partial charge in [-0.05, 0) is 20.3 Å². The first-order chi connectivity index (χ1) is 9.20. The molecule has 1 aromatic rings. The average molecular weight is 265 g/mol. The summed E-state index contributed by atoms with van der Waals surface area (Å²) in [7, 11) is 0. The Bertz CT molecular complexity index is 355. The zero-order valence-electron chi connectivity index (χ0n) is 13.0. The van der Waals surface area contributed by atoms with Gasteiger partial charge < -0.3 is 5.73 Å². The molecule has 0 bridgehead atoms. The Balaban J connectivity index is 2.16. The number of nitrogens with two attached hydrogens (primary N) is 1. The summed E-state index contributed by atoms with van der Waals surface area (Å²) in [6, 6.07) is 0. The van der Waals surface area contributed by atoms with Crippen molar-refractivity contribution in [3.8, 4) is 0 Å². The highest BCUT2D eigenvalue weighted by Crippen LogP contribution is 2.14. The highest BCUT2D eigenvalue weighted by atomic mass is 15.3. The molecule has 110 valence electrons. The van der Waals surface area contributed by atoms with Crippen LogP contribution in [0.4, 0.5) is 0 Å². The molecule has 0 fully saturated rings. The van der Waals surface area contributed by atoms with Gasteiger partial charge >= 0.3 is 0 Å². The Kier molecular flexibility index (Phi) is 7.80. The minimum Gasteiger partial charge on any atom is -0.326 e. The molecule has 0 atom stereocenters. The van der Waals surface area contributed by atoms with E-state index in [2.05, 4.69) is 30.6 Å². The van der Waals surface area contributed by atoms with Crippen LogP contribution in [-0.4, -0.2) is 9.78 Å². The van der Waals surface area contributed by atoms with Crippen LogP contribution in [0.15, 0.2) is 0 Å². The molecule has 0 aliphatic rings. The summed E-state index contributed by atoms with van der Waals surface area (Å²) in [5.74, 6) is 0. The standard InChI is InChI=1S/C16H31N3/c1-4-5-6-7-8-9-10-11-12-19-15(3)16(13-17)14(2)18-19/h4-13,17H2,1-3H3. The number of aryl methyl sites for hydroxylation is 2. The van der Waals surface area contributed by atoms with E-state index in [9.17, 15) is 0 Å². The predicted molar refractivity (Wildman–Crippen MR) is 82.2 cm³/mol. The fraction of sp³-hybridized carbons (Fsp3) is 0.812. The molecule has 0 aromatic carbocycles. The Morgan fingerprint density at radius 2 is 1.53 bits per heavy atom. The van der Waals surface area contributed by atoms with Gasteiger partial charge in [-0.15, -0.1) is 0 Å². The van der Waals surface area contributed by atoms with Crippen LogP contribution in [0.2, 0.25) is 0 Å². The van der Waals surface area contributed by atoms with E-state index < -0.39 is 0 Å². The molecule has 0 radical (unpaired) electrons. The average Bonchev–Trinajstić information content (AvgIpc) is 2.67. The van der Waals surface area contributed by atoms with Crippen LogP contribution >= 0.6 is 0 Å². The lowest BCUT2D eigenvalue weighted by molar-refractivity contribution is 0.511. The van der Waals surface area contributed by atoms with Crippen molar-refractivity contribution >= 4 is 0 Å². The molecule has 0 saturated heterocycles. The lowest BCUT2D eigenvalue weighted by Gasteiger charge is -2.05. The van der Waals surface area contributed by atoms with Crippen molar-refractivity contribution in [1.29, 1.82) is 0 Å². The third-order valence-electron chi connectivity index (χ3n) is 3.96. The van der Waals surface area contributed by atoms with Crippen LogP contribution in [0.25, 0.3) is 0 Å². The van der Waals surface area contributed by atoms with Crippen molar-refractivity contribution in [3.63, 3.8) is 0 Å². The van der Waals surface area contributed by atoms with Crippen LogP contribution in [0.3, 0.4) is 0 Å². The highest BCUT2D eigenvalue weighted by Gasteiger charge is 2.08. The maximum Gasteiger partial charge on any atom is 0.0641 e. The molecule has 1 aromatic heterocycles. The summed E-state index contributed by atoms with van der Waals surface area (Å²) in [5.41, 5.74) is 9.32. The van der Waals surface area contributed by atoms with Crippen LogP contribution in [0.1, 0.15) is 75.2 Å². The molecule has 0 unspecified atom stereocenters. The summed E-state index contributed by atoms with van der Waals surface area (Å²) >= 11 is 0. The largest absolute Gasteiger partial charge is 0.326 e. The van der Waals surface area contributed by atoms with E-state index >= 15 is 0 Å². The Labute approximate surface area is 118 Å². The van der Waals surface area contributed by atoms with Gasteiger partial charge in [-0.2, -0.15) is 5.10 Å². The first-order valence-electron chi connectivity index (χ1n) is 7.93. The first-order valence-corrected chi connectivity index (χ1v) is 7.93. The molecule has 3 heteroatoms. The number of hydrogen-bond acceptors (Lipinski definition) is 2. The maximum absolute atomic E-state index is 5.75.